The van der Waals surface area contributed by atoms with Gasteiger partial charge in [-0.05, 0) is 43.4 Å². The summed E-state index contributed by atoms with van der Waals surface area (Å²) < 4.78 is 12.5. The molecule has 0 amide bonds. The van der Waals surface area contributed by atoms with E-state index >= 15 is 0 Å². The lowest BCUT2D eigenvalue weighted by Crippen LogP contribution is -2.34. The Morgan fingerprint density at radius 2 is 2.18 bits per heavy atom. The number of hydrogen-bond donors (Lipinski definition) is 1. The highest BCUT2D eigenvalue weighted by molar-refractivity contribution is 9.10. The van der Waals surface area contributed by atoms with E-state index in [9.17, 15) is 0 Å². The highest BCUT2D eigenvalue weighted by atomic mass is 79.9. The van der Waals surface area contributed by atoms with Gasteiger partial charge in [-0.25, -0.2) is 0 Å². The first-order valence-corrected chi connectivity index (χ1v) is 9.09. The van der Waals surface area contributed by atoms with Gasteiger partial charge < -0.3 is 14.8 Å². The largest absolute Gasteiger partial charge is 0.494 e. The van der Waals surface area contributed by atoms with Crippen LogP contribution in [0.25, 0.3) is 0 Å². The Morgan fingerprint density at radius 3 is 2.77 bits per heavy atom. The first kappa shape index (κ1) is 15.9. The lowest BCUT2D eigenvalue weighted by Gasteiger charge is -2.38. The molecule has 118 valence electrons. The summed E-state index contributed by atoms with van der Waals surface area (Å²) in [5.74, 6) is 3.61. The SMILES string of the molecule is C/C=C1/Nc2c(OC)cc(Br)cc2O/C1=C/C1C(C)CC1Br. The summed E-state index contributed by atoms with van der Waals surface area (Å²) in [6.07, 6.45) is 5.47. The van der Waals surface area contributed by atoms with Crippen LogP contribution >= 0.6 is 31.9 Å². The fraction of sp³-hybridized carbons (Fsp3) is 0.412. The second kappa shape index (κ2) is 6.28. The van der Waals surface area contributed by atoms with Crippen molar-refractivity contribution in [3.63, 3.8) is 0 Å². The number of fused-ring (bicyclic) bond motifs is 1. The molecule has 1 saturated carbocycles. The molecule has 5 heteroatoms. The van der Waals surface area contributed by atoms with Crippen LogP contribution in [-0.2, 0) is 0 Å². The van der Waals surface area contributed by atoms with E-state index in [0.29, 0.717) is 16.7 Å². The Balaban J connectivity index is 1.98. The van der Waals surface area contributed by atoms with Crippen LogP contribution in [0.3, 0.4) is 0 Å². The number of allylic oxidation sites excluding steroid dienone is 2. The van der Waals surface area contributed by atoms with Crippen LogP contribution in [0.1, 0.15) is 20.3 Å². The van der Waals surface area contributed by atoms with Gasteiger partial charge in [0.15, 0.2) is 5.75 Å². The minimum atomic E-state index is 0.502. The third kappa shape index (κ3) is 2.81. The number of nitrogens with one attached hydrogen (secondary N) is 1. The maximum absolute atomic E-state index is 6.16. The van der Waals surface area contributed by atoms with Gasteiger partial charge in [0.2, 0.25) is 0 Å². The molecule has 22 heavy (non-hydrogen) atoms. The summed E-state index contributed by atoms with van der Waals surface area (Å²) in [5, 5.41) is 3.43. The predicted octanol–water partition coefficient (Wildman–Crippen LogP) is 5.47. The van der Waals surface area contributed by atoms with Gasteiger partial charge in [0, 0.05) is 9.30 Å². The van der Waals surface area contributed by atoms with E-state index in [2.05, 4.69) is 50.2 Å². The van der Waals surface area contributed by atoms with E-state index in [4.69, 9.17) is 9.47 Å². The zero-order chi connectivity index (χ0) is 15.9. The highest BCUT2D eigenvalue weighted by Gasteiger charge is 2.36. The van der Waals surface area contributed by atoms with Crippen LogP contribution in [-0.4, -0.2) is 11.9 Å². The Labute approximate surface area is 148 Å². The Kier molecular flexibility index (Phi) is 4.55. The van der Waals surface area contributed by atoms with E-state index in [1.54, 1.807) is 7.11 Å². The lowest BCUT2D eigenvalue weighted by atomic mass is 9.74. The molecule has 1 fully saturated rings. The number of halogens is 2. The fourth-order valence-corrected chi connectivity index (χ4v) is 4.58. The van der Waals surface area contributed by atoms with Gasteiger partial charge in [-0.2, -0.15) is 0 Å². The summed E-state index contributed by atoms with van der Waals surface area (Å²) in [6.45, 7) is 4.28. The molecule has 1 aliphatic carbocycles. The van der Waals surface area contributed by atoms with Crippen LogP contribution in [0.2, 0.25) is 0 Å². The molecule has 3 rings (SSSR count). The predicted molar refractivity (Wildman–Crippen MR) is 96.8 cm³/mol. The van der Waals surface area contributed by atoms with Crippen molar-refractivity contribution in [2.24, 2.45) is 11.8 Å². The summed E-state index contributed by atoms with van der Waals surface area (Å²) in [6, 6.07) is 3.89. The van der Waals surface area contributed by atoms with Gasteiger partial charge in [0.05, 0.1) is 12.8 Å². The molecule has 0 spiro atoms. The molecule has 0 radical (unpaired) electrons. The maximum Gasteiger partial charge on any atom is 0.155 e. The molecule has 2 aliphatic rings. The van der Waals surface area contributed by atoms with Gasteiger partial charge >= 0.3 is 0 Å². The molecule has 1 aromatic rings. The van der Waals surface area contributed by atoms with Crippen molar-refractivity contribution < 1.29 is 9.47 Å². The average Bonchev–Trinajstić information content (AvgIpc) is 2.51. The molecule has 0 aromatic heterocycles. The molecule has 3 unspecified atom stereocenters. The number of ether oxygens (including phenoxy) is 2. The quantitative estimate of drug-likeness (QED) is 0.633. The van der Waals surface area contributed by atoms with Gasteiger partial charge in [-0.3, -0.25) is 0 Å². The van der Waals surface area contributed by atoms with E-state index in [1.807, 2.05) is 25.1 Å². The molecule has 0 saturated heterocycles. The number of methoxy groups -OCH3 is 1. The summed E-state index contributed by atoms with van der Waals surface area (Å²) >= 11 is 7.23. The molecule has 1 aliphatic heterocycles. The second-order valence-corrected chi connectivity index (χ2v) is 7.84. The van der Waals surface area contributed by atoms with E-state index < -0.39 is 0 Å². The lowest BCUT2D eigenvalue weighted by molar-refractivity contribution is 0.262. The van der Waals surface area contributed by atoms with Crippen molar-refractivity contribution in [3.05, 3.63) is 40.2 Å². The first-order valence-electron chi connectivity index (χ1n) is 7.38. The monoisotopic (exact) mass is 427 g/mol. The fourth-order valence-electron chi connectivity index (χ4n) is 2.90. The molecule has 0 bridgehead atoms. The Morgan fingerprint density at radius 1 is 1.41 bits per heavy atom. The highest BCUT2D eigenvalue weighted by Crippen LogP contribution is 2.46. The third-order valence-electron chi connectivity index (χ3n) is 4.30. The zero-order valence-electron chi connectivity index (χ0n) is 12.8. The standard InChI is InChI=1S/C17H19Br2NO2/c1-4-13-14(8-11-9(2)5-12(11)19)22-16-7-10(18)6-15(21-3)17(16)20-13/h4,6-9,11-12,20H,5H2,1-3H3/b13-4+,14-8+. The van der Waals surface area contributed by atoms with Crippen LogP contribution in [0, 0.1) is 11.8 Å². The van der Waals surface area contributed by atoms with Crippen molar-refractivity contribution in [2.75, 3.05) is 12.4 Å². The molecule has 3 nitrogen and oxygen atoms in total. The number of alkyl halides is 1. The van der Waals surface area contributed by atoms with Gasteiger partial charge in [0.25, 0.3) is 0 Å². The Hall–Kier alpha value is -0.940. The minimum absolute atomic E-state index is 0.502. The number of hydrogen-bond acceptors (Lipinski definition) is 3. The van der Waals surface area contributed by atoms with E-state index in [1.165, 1.54) is 6.42 Å². The summed E-state index contributed by atoms with van der Waals surface area (Å²) in [4.78, 5) is 0.537. The van der Waals surface area contributed by atoms with Gasteiger partial charge in [0.1, 0.15) is 17.2 Å². The number of rotatable bonds is 2. The molecule has 1 N–H and O–H groups in total. The Bertz CT molecular complexity index is 646. The van der Waals surface area contributed by atoms with Gasteiger partial charge in [-0.15, -0.1) is 0 Å². The molecule has 1 aromatic carbocycles. The topological polar surface area (TPSA) is 30.5 Å². The van der Waals surface area contributed by atoms with Crippen LogP contribution in [0.4, 0.5) is 5.69 Å². The maximum atomic E-state index is 6.16. The van der Waals surface area contributed by atoms with E-state index in [0.717, 1.165) is 33.1 Å². The normalized spacial score (nSPS) is 30.3. The van der Waals surface area contributed by atoms with Crippen molar-refractivity contribution in [1.29, 1.82) is 0 Å². The first-order chi connectivity index (χ1) is 10.5. The van der Waals surface area contributed by atoms with Crippen molar-refractivity contribution in [1.82, 2.24) is 0 Å². The van der Waals surface area contributed by atoms with Crippen molar-refractivity contribution in [2.45, 2.75) is 25.1 Å². The molecular formula is C17H19Br2NO2. The average molecular weight is 429 g/mol. The van der Waals surface area contributed by atoms with Crippen molar-refractivity contribution >= 4 is 37.5 Å². The summed E-state index contributed by atoms with van der Waals surface area (Å²) in [5.41, 5.74) is 1.85. The van der Waals surface area contributed by atoms with Gasteiger partial charge in [-0.1, -0.05) is 44.9 Å². The van der Waals surface area contributed by atoms with E-state index in [-0.39, 0.29) is 0 Å². The second-order valence-electron chi connectivity index (χ2n) is 5.75. The third-order valence-corrected chi connectivity index (χ3v) is 5.74. The molecule has 3 atom stereocenters. The van der Waals surface area contributed by atoms with Crippen LogP contribution in [0.5, 0.6) is 11.5 Å². The minimum Gasteiger partial charge on any atom is -0.494 e. The number of benzene rings is 1. The molecular weight excluding hydrogens is 410 g/mol. The zero-order valence-corrected chi connectivity index (χ0v) is 16.0. The smallest absolute Gasteiger partial charge is 0.155 e. The van der Waals surface area contributed by atoms with Crippen molar-refractivity contribution in [3.8, 4) is 11.5 Å². The van der Waals surface area contributed by atoms with Crippen LogP contribution in [0.15, 0.2) is 40.2 Å². The number of anilines is 1. The van der Waals surface area contributed by atoms with Crippen LogP contribution < -0.4 is 14.8 Å². The molecule has 1 heterocycles. The summed E-state index contributed by atoms with van der Waals surface area (Å²) in [7, 11) is 1.66.